The van der Waals surface area contributed by atoms with E-state index in [2.05, 4.69) is 31.2 Å². The normalized spacial score (nSPS) is 20.6. The predicted molar refractivity (Wildman–Crippen MR) is 78.3 cm³/mol. The summed E-state index contributed by atoms with van der Waals surface area (Å²) >= 11 is 0. The van der Waals surface area contributed by atoms with Gasteiger partial charge in [0.2, 0.25) is 0 Å². The molecule has 1 saturated carbocycles. The van der Waals surface area contributed by atoms with Gasteiger partial charge in [0.05, 0.1) is 5.60 Å². The van der Waals surface area contributed by atoms with Crippen LogP contribution < -0.4 is 0 Å². The number of aliphatic hydroxyl groups excluding tert-OH is 1. The minimum Gasteiger partial charge on any atom is -0.385 e. The summed E-state index contributed by atoms with van der Waals surface area (Å²) in [4.78, 5) is 0. The second-order valence-corrected chi connectivity index (χ2v) is 5.80. The monoisotopic (exact) mass is 262 g/mol. The minimum absolute atomic E-state index is 0.493. The fourth-order valence-corrected chi connectivity index (χ4v) is 2.75. The number of aliphatic hydroxyl groups is 1. The SMILES string of the molecule is CCOC(C)(CC)C(O)c1ccc(C2CCC2)cc1. The molecule has 2 rings (SSSR count). The van der Waals surface area contributed by atoms with Crippen molar-refractivity contribution in [3.05, 3.63) is 35.4 Å². The molecule has 19 heavy (non-hydrogen) atoms. The zero-order chi connectivity index (χ0) is 13.9. The summed E-state index contributed by atoms with van der Waals surface area (Å²) < 4.78 is 5.75. The van der Waals surface area contributed by atoms with Gasteiger partial charge in [-0.3, -0.25) is 0 Å². The summed E-state index contributed by atoms with van der Waals surface area (Å²) in [5.41, 5.74) is 1.88. The Morgan fingerprint density at radius 3 is 2.32 bits per heavy atom. The molecule has 0 radical (unpaired) electrons. The Balaban J connectivity index is 2.11. The molecule has 1 fully saturated rings. The molecule has 1 aliphatic carbocycles. The third-order valence-corrected chi connectivity index (χ3v) is 4.58. The molecule has 2 atom stereocenters. The lowest BCUT2D eigenvalue weighted by atomic mass is 9.79. The molecular weight excluding hydrogens is 236 g/mol. The first-order valence-corrected chi connectivity index (χ1v) is 7.52. The molecule has 0 amide bonds. The van der Waals surface area contributed by atoms with E-state index in [-0.39, 0.29) is 0 Å². The van der Waals surface area contributed by atoms with Crippen molar-refractivity contribution < 1.29 is 9.84 Å². The van der Waals surface area contributed by atoms with Gasteiger partial charge >= 0.3 is 0 Å². The van der Waals surface area contributed by atoms with Gasteiger partial charge in [-0.25, -0.2) is 0 Å². The van der Waals surface area contributed by atoms with E-state index >= 15 is 0 Å². The van der Waals surface area contributed by atoms with Crippen LogP contribution in [-0.4, -0.2) is 17.3 Å². The fraction of sp³-hybridized carbons (Fsp3) is 0.647. The Morgan fingerprint density at radius 2 is 1.89 bits per heavy atom. The van der Waals surface area contributed by atoms with Crippen LogP contribution in [0.3, 0.4) is 0 Å². The second-order valence-electron chi connectivity index (χ2n) is 5.80. The van der Waals surface area contributed by atoms with E-state index in [1.807, 2.05) is 13.8 Å². The number of hydrogen-bond acceptors (Lipinski definition) is 2. The second kappa shape index (κ2) is 6.06. The summed E-state index contributed by atoms with van der Waals surface area (Å²) in [7, 11) is 0. The lowest BCUT2D eigenvalue weighted by molar-refractivity contribution is -0.113. The van der Waals surface area contributed by atoms with Crippen molar-refractivity contribution in [1.29, 1.82) is 0 Å². The van der Waals surface area contributed by atoms with E-state index in [0.717, 1.165) is 17.9 Å². The Labute approximate surface area is 116 Å². The molecule has 2 unspecified atom stereocenters. The lowest BCUT2D eigenvalue weighted by Crippen LogP contribution is -2.35. The van der Waals surface area contributed by atoms with Crippen molar-refractivity contribution >= 4 is 0 Å². The fourth-order valence-electron chi connectivity index (χ4n) is 2.75. The Hall–Kier alpha value is -0.860. The molecule has 0 heterocycles. The molecule has 106 valence electrons. The van der Waals surface area contributed by atoms with Gasteiger partial charge in [-0.05, 0) is 50.2 Å². The van der Waals surface area contributed by atoms with E-state index in [4.69, 9.17) is 4.74 Å². The number of ether oxygens (including phenoxy) is 1. The zero-order valence-corrected chi connectivity index (χ0v) is 12.4. The largest absolute Gasteiger partial charge is 0.385 e. The van der Waals surface area contributed by atoms with Crippen molar-refractivity contribution in [3.8, 4) is 0 Å². The smallest absolute Gasteiger partial charge is 0.108 e. The molecule has 1 aliphatic rings. The van der Waals surface area contributed by atoms with E-state index < -0.39 is 11.7 Å². The molecule has 0 aliphatic heterocycles. The molecule has 0 aromatic heterocycles. The van der Waals surface area contributed by atoms with Crippen LogP contribution in [0, 0.1) is 0 Å². The summed E-state index contributed by atoms with van der Waals surface area (Å²) in [6.45, 7) is 6.64. The van der Waals surface area contributed by atoms with Crippen LogP contribution in [0.25, 0.3) is 0 Å². The highest BCUT2D eigenvalue weighted by atomic mass is 16.5. The van der Waals surface area contributed by atoms with Crippen LogP contribution in [0.5, 0.6) is 0 Å². The highest BCUT2D eigenvalue weighted by Crippen LogP contribution is 2.38. The first-order chi connectivity index (χ1) is 9.10. The van der Waals surface area contributed by atoms with Gasteiger partial charge < -0.3 is 9.84 Å². The zero-order valence-electron chi connectivity index (χ0n) is 12.4. The topological polar surface area (TPSA) is 29.5 Å². The van der Waals surface area contributed by atoms with Crippen molar-refractivity contribution in [2.45, 2.75) is 64.1 Å². The first-order valence-electron chi connectivity index (χ1n) is 7.52. The highest BCUT2D eigenvalue weighted by Gasteiger charge is 2.33. The molecule has 0 spiro atoms. The first kappa shape index (κ1) is 14.5. The molecule has 1 N–H and O–H groups in total. The third kappa shape index (κ3) is 3.01. The number of benzene rings is 1. The van der Waals surface area contributed by atoms with E-state index in [9.17, 15) is 5.11 Å². The van der Waals surface area contributed by atoms with Gasteiger partial charge in [0, 0.05) is 6.61 Å². The van der Waals surface area contributed by atoms with Gasteiger partial charge in [-0.2, -0.15) is 0 Å². The predicted octanol–water partition coefficient (Wildman–Crippen LogP) is 4.19. The highest BCUT2D eigenvalue weighted by molar-refractivity contribution is 5.29. The van der Waals surface area contributed by atoms with E-state index in [0.29, 0.717) is 6.61 Å². The van der Waals surface area contributed by atoms with Crippen molar-refractivity contribution in [2.24, 2.45) is 0 Å². The average molecular weight is 262 g/mol. The third-order valence-electron chi connectivity index (χ3n) is 4.58. The number of hydrogen-bond donors (Lipinski definition) is 1. The van der Waals surface area contributed by atoms with Gasteiger partial charge in [0.15, 0.2) is 0 Å². The van der Waals surface area contributed by atoms with Crippen LogP contribution in [0.2, 0.25) is 0 Å². The van der Waals surface area contributed by atoms with Crippen LogP contribution in [0.1, 0.15) is 69.6 Å². The molecule has 0 bridgehead atoms. The summed E-state index contributed by atoms with van der Waals surface area (Å²) in [6.07, 6.45) is 4.22. The number of rotatable bonds is 6. The van der Waals surface area contributed by atoms with Crippen molar-refractivity contribution in [2.75, 3.05) is 6.61 Å². The van der Waals surface area contributed by atoms with Crippen molar-refractivity contribution in [1.82, 2.24) is 0 Å². The van der Waals surface area contributed by atoms with Crippen LogP contribution >= 0.6 is 0 Å². The Bertz CT molecular complexity index is 394. The van der Waals surface area contributed by atoms with Gasteiger partial charge in [0.1, 0.15) is 6.10 Å². The quantitative estimate of drug-likeness (QED) is 0.833. The van der Waals surface area contributed by atoms with Gasteiger partial charge in [-0.15, -0.1) is 0 Å². The van der Waals surface area contributed by atoms with Crippen molar-refractivity contribution in [3.63, 3.8) is 0 Å². The molecule has 1 aromatic carbocycles. The molecule has 2 nitrogen and oxygen atoms in total. The standard InChI is InChI=1S/C17H26O2/c1-4-17(3,19-5-2)16(18)15-11-9-14(10-12-15)13-7-6-8-13/h9-13,16,18H,4-8H2,1-3H3. The molecule has 0 saturated heterocycles. The van der Waals surface area contributed by atoms with E-state index in [1.54, 1.807) is 0 Å². The van der Waals surface area contributed by atoms with Crippen LogP contribution in [-0.2, 0) is 4.74 Å². The Morgan fingerprint density at radius 1 is 1.26 bits per heavy atom. The lowest BCUT2D eigenvalue weighted by Gasteiger charge is -2.34. The summed E-state index contributed by atoms with van der Waals surface area (Å²) in [5, 5.41) is 10.5. The maximum atomic E-state index is 10.5. The maximum Gasteiger partial charge on any atom is 0.108 e. The van der Waals surface area contributed by atoms with Crippen LogP contribution in [0.15, 0.2) is 24.3 Å². The molecule has 1 aromatic rings. The van der Waals surface area contributed by atoms with Gasteiger partial charge in [-0.1, -0.05) is 37.6 Å². The average Bonchev–Trinajstić information content (AvgIpc) is 2.37. The van der Waals surface area contributed by atoms with E-state index in [1.165, 1.54) is 24.8 Å². The maximum absolute atomic E-state index is 10.5. The Kier molecular flexibility index (Phi) is 4.64. The summed E-state index contributed by atoms with van der Waals surface area (Å²) in [6, 6.07) is 8.46. The minimum atomic E-state index is -0.562. The molecule has 2 heteroatoms. The molecular formula is C17H26O2. The van der Waals surface area contributed by atoms with Gasteiger partial charge in [0.25, 0.3) is 0 Å². The van der Waals surface area contributed by atoms with Crippen LogP contribution in [0.4, 0.5) is 0 Å². The summed E-state index contributed by atoms with van der Waals surface area (Å²) in [5.74, 6) is 0.746.